The van der Waals surface area contributed by atoms with Crippen LogP contribution in [0.1, 0.15) is 59.4 Å². The number of hydrogen-bond acceptors (Lipinski definition) is 6. The Hall–Kier alpha value is -2.77. The molecule has 0 spiro atoms. The smallest absolute Gasteiger partial charge is 0.415 e. The number of nitrogens with one attached hydrogen (secondary N) is 1. The van der Waals surface area contributed by atoms with Gasteiger partial charge in [0.1, 0.15) is 11.2 Å². The van der Waals surface area contributed by atoms with Crippen LogP contribution >= 0.6 is 0 Å². The SMILES string of the molecule is COC(=O)[C@@]12C[C@@H](CNC(=O)OC(C)(C)C)C1c1ccccc1N2C(=O)OC(C)(C)C. The Bertz CT molecular complexity index is 885. The summed E-state index contributed by atoms with van der Waals surface area (Å²) >= 11 is 0. The number of anilines is 1. The van der Waals surface area contributed by atoms with E-state index in [-0.39, 0.29) is 11.8 Å². The van der Waals surface area contributed by atoms with Crippen molar-refractivity contribution in [2.45, 2.75) is 70.6 Å². The summed E-state index contributed by atoms with van der Waals surface area (Å²) in [5.74, 6) is -0.883. The van der Waals surface area contributed by atoms with E-state index < -0.39 is 34.9 Å². The molecule has 1 fully saturated rings. The first kappa shape index (κ1) is 22.9. The zero-order valence-corrected chi connectivity index (χ0v) is 19.3. The van der Waals surface area contributed by atoms with Gasteiger partial charge in [0.05, 0.1) is 12.8 Å². The summed E-state index contributed by atoms with van der Waals surface area (Å²) < 4.78 is 16.1. The van der Waals surface area contributed by atoms with Gasteiger partial charge in [0, 0.05) is 12.5 Å². The molecule has 3 atom stereocenters. The molecule has 1 unspecified atom stereocenters. The van der Waals surface area contributed by atoms with Crippen molar-refractivity contribution >= 4 is 23.8 Å². The van der Waals surface area contributed by atoms with E-state index in [1.807, 2.05) is 18.2 Å². The van der Waals surface area contributed by atoms with Gasteiger partial charge < -0.3 is 19.5 Å². The maximum atomic E-state index is 13.2. The minimum Gasteiger partial charge on any atom is -0.467 e. The number of carbonyl (C=O) groups is 3. The third kappa shape index (κ3) is 4.20. The summed E-state index contributed by atoms with van der Waals surface area (Å²) in [5.41, 5.74) is -1.02. The Balaban J connectivity index is 1.91. The van der Waals surface area contributed by atoms with Crippen molar-refractivity contribution in [1.29, 1.82) is 0 Å². The van der Waals surface area contributed by atoms with Crippen LogP contribution in [-0.4, -0.2) is 48.6 Å². The summed E-state index contributed by atoms with van der Waals surface area (Å²) in [4.78, 5) is 39.8. The molecule has 1 aromatic carbocycles. The molecule has 3 rings (SSSR count). The first-order valence-electron chi connectivity index (χ1n) is 10.5. The minimum atomic E-state index is -1.19. The van der Waals surface area contributed by atoms with Crippen LogP contribution in [0.25, 0.3) is 0 Å². The van der Waals surface area contributed by atoms with Gasteiger partial charge >= 0.3 is 18.2 Å². The second-order valence-corrected chi connectivity index (χ2v) is 10.1. The van der Waals surface area contributed by atoms with E-state index in [1.54, 1.807) is 47.6 Å². The fraction of sp³-hybridized carbons (Fsp3) is 0.609. The standard InChI is InChI=1S/C23H32N2O6/c1-21(2,3)30-19(27)24-13-14-12-23(18(26)29-7)17(14)15-10-8-9-11-16(15)25(23)20(28)31-22(4,5)6/h8-11,14,17H,12-13H2,1-7H3,(H,24,27)/t14-,17?,23+/m0/s1. The molecule has 1 heterocycles. The second-order valence-electron chi connectivity index (χ2n) is 10.1. The number of benzene rings is 1. The molecule has 0 aromatic heterocycles. The van der Waals surface area contributed by atoms with Crippen LogP contribution in [-0.2, 0) is 19.0 Å². The molecule has 31 heavy (non-hydrogen) atoms. The lowest BCUT2D eigenvalue weighted by atomic mass is 9.58. The van der Waals surface area contributed by atoms with E-state index in [0.717, 1.165) is 5.56 Å². The fourth-order valence-electron chi connectivity index (χ4n) is 4.55. The Labute approximate surface area is 183 Å². The van der Waals surface area contributed by atoms with Crippen LogP contribution in [0, 0.1) is 5.92 Å². The summed E-state index contributed by atoms with van der Waals surface area (Å²) in [6.07, 6.45) is -0.765. The number of nitrogens with zero attached hydrogens (tertiary/aromatic N) is 1. The topological polar surface area (TPSA) is 94.2 Å². The second kappa shape index (κ2) is 7.73. The molecule has 2 amide bonds. The fourth-order valence-corrected chi connectivity index (χ4v) is 4.55. The number of ether oxygens (including phenoxy) is 3. The van der Waals surface area contributed by atoms with Crippen molar-refractivity contribution in [3.05, 3.63) is 29.8 Å². The van der Waals surface area contributed by atoms with Crippen LogP contribution < -0.4 is 10.2 Å². The number of fused-ring (bicyclic) bond motifs is 3. The normalized spacial score (nSPS) is 24.4. The molecular formula is C23H32N2O6. The van der Waals surface area contributed by atoms with E-state index in [2.05, 4.69) is 5.32 Å². The average Bonchev–Trinajstić information content (AvgIpc) is 2.83. The largest absolute Gasteiger partial charge is 0.467 e. The van der Waals surface area contributed by atoms with E-state index in [1.165, 1.54) is 12.0 Å². The van der Waals surface area contributed by atoms with Crippen molar-refractivity contribution in [2.24, 2.45) is 5.92 Å². The molecule has 1 N–H and O–H groups in total. The lowest BCUT2D eigenvalue weighted by molar-refractivity contribution is -0.154. The molecule has 0 bridgehead atoms. The summed E-state index contributed by atoms with van der Waals surface area (Å²) in [5, 5.41) is 2.79. The molecule has 1 aromatic rings. The molecular weight excluding hydrogens is 400 g/mol. The predicted octanol–water partition coefficient (Wildman–Crippen LogP) is 3.98. The van der Waals surface area contributed by atoms with Crippen LogP contribution in [0.3, 0.4) is 0 Å². The summed E-state index contributed by atoms with van der Waals surface area (Å²) in [6.45, 7) is 11.0. The average molecular weight is 433 g/mol. The van der Waals surface area contributed by atoms with E-state index >= 15 is 0 Å². The molecule has 0 radical (unpaired) electrons. The van der Waals surface area contributed by atoms with Gasteiger partial charge in [0.2, 0.25) is 0 Å². The van der Waals surface area contributed by atoms with Gasteiger partial charge in [-0.1, -0.05) is 18.2 Å². The van der Waals surface area contributed by atoms with Gasteiger partial charge in [0.25, 0.3) is 0 Å². The van der Waals surface area contributed by atoms with Crippen LogP contribution in [0.2, 0.25) is 0 Å². The molecule has 1 aliphatic carbocycles. The summed E-state index contributed by atoms with van der Waals surface area (Å²) in [7, 11) is 1.32. The molecule has 170 valence electrons. The van der Waals surface area contributed by atoms with Gasteiger partial charge in [-0.05, 0) is 65.5 Å². The molecule has 1 aliphatic heterocycles. The maximum Gasteiger partial charge on any atom is 0.415 e. The van der Waals surface area contributed by atoms with Crippen molar-refractivity contribution in [3.63, 3.8) is 0 Å². The highest BCUT2D eigenvalue weighted by Crippen LogP contribution is 2.62. The number of esters is 1. The van der Waals surface area contributed by atoms with Crippen molar-refractivity contribution in [1.82, 2.24) is 5.32 Å². The van der Waals surface area contributed by atoms with Gasteiger partial charge in [-0.2, -0.15) is 0 Å². The third-order valence-electron chi connectivity index (χ3n) is 5.49. The highest BCUT2D eigenvalue weighted by atomic mass is 16.6. The summed E-state index contributed by atoms with van der Waals surface area (Å²) in [6, 6.07) is 7.40. The van der Waals surface area contributed by atoms with E-state index in [9.17, 15) is 14.4 Å². The highest BCUT2D eigenvalue weighted by Gasteiger charge is 2.70. The number of rotatable bonds is 3. The lowest BCUT2D eigenvalue weighted by Crippen LogP contribution is -2.68. The highest BCUT2D eigenvalue weighted by molar-refractivity contribution is 6.04. The van der Waals surface area contributed by atoms with Crippen molar-refractivity contribution in [3.8, 4) is 0 Å². The number of methoxy groups -OCH3 is 1. The Morgan fingerprint density at radius 3 is 2.26 bits per heavy atom. The Kier molecular flexibility index (Phi) is 5.71. The molecule has 8 heteroatoms. The van der Waals surface area contributed by atoms with Gasteiger partial charge in [-0.15, -0.1) is 0 Å². The van der Waals surface area contributed by atoms with Gasteiger partial charge in [-0.25, -0.2) is 14.4 Å². The van der Waals surface area contributed by atoms with Gasteiger partial charge in [0.15, 0.2) is 5.54 Å². The van der Waals surface area contributed by atoms with Crippen LogP contribution in [0.15, 0.2) is 24.3 Å². The Morgan fingerprint density at radius 2 is 1.68 bits per heavy atom. The first-order valence-corrected chi connectivity index (χ1v) is 10.5. The third-order valence-corrected chi connectivity index (χ3v) is 5.49. The molecule has 0 saturated heterocycles. The molecule has 2 aliphatic rings. The predicted molar refractivity (Wildman–Crippen MR) is 115 cm³/mol. The Morgan fingerprint density at radius 1 is 1.06 bits per heavy atom. The van der Waals surface area contributed by atoms with Crippen LogP contribution in [0.5, 0.6) is 0 Å². The quantitative estimate of drug-likeness (QED) is 0.573. The zero-order chi connectivity index (χ0) is 23.2. The van der Waals surface area contributed by atoms with E-state index in [4.69, 9.17) is 14.2 Å². The first-order chi connectivity index (χ1) is 14.3. The maximum absolute atomic E-state index is 13.2. The monoisotopic (exact) mass is 432 g/mol. The number of para-hydroxylation sites is 1. The number of carbonyl (C=O) groups excluding carboxylic acids is 3. The number of amides is 2. The van der Waals surface area contributed by atoms with Crippen LogP contribution in [0.4, 0.5) is 15.3 Å². The molecule has 8 nitrogen and oxygen atoms in total. The number of alkyl carbamates (subject to hydrolysis) is 1. The van der Waals surface area contributed by atoms with Crippen molar-refractivity contribution in [2.75, 3.05) is 18.6 Å². The van der Waals surface area contributed by atoms with E-state index in [0.29, 0.717) is 18.7 Å². The molecule has 1 saturated carbocycles. The number of hydrogen-bond donors (Lipinski definition) is 1. The zero-order valence-electron chi connectivity index (χ0n) is 19.3. The van der Waals surface area contributed by atoms with Crippen molar-refractivity contribution < 1.29 is 28.6 Å². The lowest BCUT2D eigenvalue weighted by Gasteiger charge is -2.52. The minimum absolute atomic E-state index is 0.0693. The van der Waals surface area contributed by atoms with Gasteiger partial charge in [-0.3, -0.25) is 4.90 Å².